The molecule has 0 N–H and O–H groups in total. The van der Waals surface area contributed by atoms with Crippen molar-refractivity contribution in [1.82, 2.24) is 14.8 Å². The molecule has 2 aromatic carbocycles. The van der Waals surface area contributed by atoms with E-state index in [1.807, 2.05) is 23.1 Å². The molecule has 0 aliphatic carbocycles. The van der Waals surface area contributed by atoms with Gasteiger partial charge in [-0.05, 0) is 42.7 Å². The highest BCUT2D eigenvalue weighted by Gasteiger charge is 2.24. The fourth-order valence-electron chi connectivity index (χ4n) is 3.67. The number of thiazole rings is 1. The number of carbonyl (C=O) groups excluding carboxylic acids is 2. The minimum Gasteiger partial charge on any atom is -0.339 e. The Balaban J connectivity index is 1.20. The van der Waals surface area contributed by atoms with Gasteiger partial charge in [0.2, 0.25) is 11.8 Å². The smallest absolute Gasteiger partial charge is 0.227 e. The largest absolute Gasteiger partial charge is 0.339 e. The molecule has 7 heteroatoms. The van der Waals surface area contributed by atoms with Gasteiger partial charge in [0, 0.05) is 32.6 Å². The van der Waals surface area contributed by atoms with Crippen molar-refractivity contribution in [2.75, 3.05) is 26.2 Å². The van der Waals surface area contributed by atoms with Gasteiger partial charge in [-0.15, -0.1) is 11.3 Å². The molecule has 1 saturated heterocycles. The van der Waals surface area contributed by atoms with Crippen molar-refractivity contribution in [3.8, 4) is 0 Å². The van der Waals surface area contributed by atoms with Crippen molar-refractivity contribution in [2.45, 2.75) is 25.7 Å². The summed E-state index contributed by atoms with van der Waals surface area (Å²) in [5.41, 5.74) is 1.82. The number of piperazine rings is 1. The highest BCUT2D eigenvalue weighted by atomic mass is 32.1. The van der Waals surface area contributed by atoms with Gasteiger partial charge < -0.3 is 9.80 Å². The average molecular weight is 426 g/mol. The van der Waals surface area contributed by atoms with Crippen LogP contribution in [0.4, 0.5) is 4.39 Å². The van der Waals surface area contributed by atoms with Gasteiger partial charge in [-0.25, -0.2) is 9.37 Å². The molecule has 0 unspecified atom stereocenters. The number of halogens is 1. The molecule has 0 bridgehead atoms. The normalized spacial score (nSPS) is 14.3. The zero-order valence-corrected chi connectivity index (χ0v) is 17.5. The van der Waals surface area contributed by atoms with E-state index in [9.17, 15) is 14.0 Å². The van der Waals surface area contributed by atoms with Gasteiger partial charge in [0.25, 0.3) is 0 Å². The molecule has 0 spiro atoms. The molecule has 0 radical (unpaired) electrons. The highest BCUT2D eigenvalue weighted by Crippen LogP contribution is 2.23. The summed E-state index contributed by atoms with van der Waals surface area (Å²) in [6.45, 7) is 2.22. The van der Waals surface area contributed by atoms with Crippen LogP contribution in [0.1, 0.15) is 23.4 Å². The molecule has 5 nitrogen and oxygen atoms in total. The molecular formula is C23H24FN3O2S. The monoisotopic (exact) mass is 425 g/mol. The van der Waals surface area contributed by atoms with E-state index in [0.29, 0.717) is 32.6 Å². The lowest BCUT2D eigenvalue weighted by Gasteiger charge is -2.35. The van der Waals surface area contributed by atoms with Crippen LogP contribution in [0.15, 0.2) is 48.5 Å². The standard InChI is InChI=1S/C23H24FN3O2S/c24-18-10-8-17(9-11-18)16-23(29)27-14-12-26(13-15-27)22(28)7-3-6-21-25-19-4-1-2-5-20(19)30-21/h1-2,4-5,8-11H,3,6-7,12-16H2. The quantitative estimate of drug-likeness (QED) is 0.606. The van der Waals surface area contributed by atoms with E-state index >= 15 is 0 Å². The van der Waals surface area contributed by atoms with Crippen LogP contribution in [0.25, 0.3) is 10.2 Å². The van der Waals surface area contributed by atoms with Crippen LogP contribution >= 0.6 is 11.3 Å². The van der Waals surface area contributed by atoms with Gasteiger partial charge in [0.15, 0.2) is 0 Å². The fourth-order valence-corrected chi connectivity index (χ4v) is 4.68. The van der Waals surface area contributed by atoms with Crippen molar-refractivity contribution in [3.63, 3.8) is 0 Å². The summed E-state index contributed by atoms with van der Waals surface area (Å²) in [5.74, 6) is -0.146. The topological polar surface area (TPSA) is 53.5 Å². The number of fused-ring (bicyclic) bond motifs is 1. The van der Waals surface area contributed by atoms with Crippen molar-refractivity contribution in [1.29, 1.82) is 0 Å². The predicted octanol–water partition coefficient (Wildman–Crippen LogP) is 3.67. The number of nitrogens with zero attached hydrogens (tertiary/aromatic N) is 3. The minimum absolute atomic E-state index is 0.0181. The molecule has 2 amide bonds. The molecule has 1 aliphatic rings. The molecule has 4 rings (SSSR count). The van der Waals surface area contributed by atoms with E-state index in [-0.39, 0.29) is 24.1 Å². The van der Waals surface area contributed by atoms with Crippen molar-refractivity contribution in [2.24, 2.45) is 0 Å². The first-order chi connectivity index (χ1) is 14.6. The summed E-state index contributed by atoms with van der Waals surface area (Å²) in [4.78, 5) is 33.2. The van der Waals surface area contributed by atoms with E-state index in [4.69, 9.17) is 0 Å². The number of amides is 2. The van der Waals surface area contributed by atoms with Crippen molar-refractivity contribution >= 4 is 33.4 Å². The van der Waals surface area contributed by atoms with Crippen LogP contribution in [0.2, 0.25) is 0 Å². The summed E-state index contributed by atoms with van der Waals surface area (Å²) < 4.78 is 14.2. The van der Waals surface area contributed by atoms with Crippen LogP contribution in [0, 0.1) is 5.82 Å². The Kier molecular flexibility index (Phi) is 6.38. The van der Waals surface area contributed by atoms with Crippen LogP contribution in [0.5, 0.6) is 0 Å². The van der Waals surface area contributed by atoms with Gasteiger partial charge in [-0.1, -0.05) is 24.3 Å². The Hall–Kier alpha value is -2.80. The molecule has 2 heterocycles. The average Bonchev–Trinajstić information content (AvgIpc) is 3.18. The number of aromatic nitrogens is 1. The Labute approximate surface area is 179 Å². The van der Waals surface area contributed by atoms with Crippen molar-refractivity contribution < 1.29 is 14.0 Å². The predicted molar refractivity (Wildman–Crippen MR) is 116 cm³/mol. The van der Waals surface area contributed by atoms with Crippen LogP contribution in [-0.2, 0) is 22.4 Å². The van der Waals surface area contributed by atoms with Crippen LogP contribution in [-0.4, -0.2) is 52.8 Å². The van der Waals surface area contributed by atoms with E-state index in [1.54, 1.807) is 28.4 Å². The third kappa shape index (κ3) is 5.02. The van der Waals surface area contributed by atoms with Crippen LogP contribution in [0.3, 0.4) is 0 Å². The molecule has 30 heavy (non-hydrogen) atoms. The lowest BCUT2D eigenvalue weighted by molar-refractivity contribution is -0.139. The number of carbonyl (C=O) groups is 2. The van der Waals surface area contributed by atoms with E-state index in [1.165, 1.54) is 16.8 Å². The second-order valence-corrected chi connectivity index (χ2v) is 8.61. The Morgan fingerprint density at radius 1 is 0.933 bits per heavy atom. The highest BCUT2D eigenvalue weighted by molar-refractivity contribution is 7.18. The molecule has 1 aliphatic heterocycles. The lowest BCUT2D eigenvalue weighted by Crippen LogP contribution is -2.51. The molecule has 0 saturated carbocycles. The summed E-state index contributed by atoms with van der Waals surface area (Å²) in [5, 5.41) is 1.07. The van der Waals surface area contributed by atoms with E-state index in [2.05, 4.69) is 11.1 Å². The third-order valence-electron chi connectivity index (χ3n) is 5.37. The summed E-state index contributed by atoms with van der Waals surface area (Å²) >= 11 is 1.69. The fraction of sp³-hybridized carbons (Fsp3) is 0.348. The maximum Gasteiger partial charge on any atom is 0.227 e. The molecule has 1 aromatic heterocycles. The first-order valence-corrected chi connectivity index (χ1v) is 11.0. The van der Waals surface area contributed by atoms with Crippen molar-refractivity contribution in [3.05, 3.63) is 64.9 Å². The van der Waals surface area contributed by atoms with Gasteiger partial charge in [0.1, 0.15) is 5.82 Å². The molecule has 1 fully saturated rings. The first kappa shape index (κ1) is 20.5. The first-order valence-electron chi connectivity index (χ1n) is 10.2. The second kappa shape index (κ2) is 9.34. The van der Waals surface area contributed by atoms with E-state index < -0.39 is 0 Å². The number of aryl methyl sites for hydroxylation is 1. The zero-order chi connectivity index (χ0) is 20.9. The van der Waals surface area contributed by atoms with Gasteiger partial charge in [-0.3, -0.25) is 9.59 Å². The summed E-state index contributed by atoms with van der Waals surface area (Å²) in [6.07, 6.45) is 2.35. The van der Waals surface area contributed by atoms with Gasteiger partial charge >= 0.3 is 0 Å². The SMILES string of the molecule is O=C(CCCc1nc2ccccc2s1)N1CCN(C(=O)Cc2ccc(F)cc2)CC1. The number of para-hydroxylation sites is 1. The summed E-state index contributed by atoms with van der Waals surface area (Å²) in [7, 11) is 0. The van der Waals surface area contributed by atoms with Gasteiger partial charge in [-0.2, -0.15) is 0 Å². The Morgan fingerprint density at radius 2 is 1.60 bits per heavy atom. The van der Waals surface area contributed by atoms with Crippen LogP contribution < -0.4 is 0 Å². The number of hydrogen-bond acceptors (Lipinski definition) is 4. The molecular weight excluding hydrogens is 401 g/mol. The summed E-state index contributed by atoms with van der Waals surface area (Å²) in [6, 6.07) is 14.1. The van der Waals surface area contributed by atoms with Gasteiger partial charge in [0.05, 0.1) is 21.6 Å². The Bertz CT molecular complexity index is 993. The second-order valence-electron chi connectivity index (χ2n) is 7.49. The zero-order valence-electron chi connectivity index (χ0n) is 16.7. The molecule has 3 aromatic rings. The maximum atomic E-state index is 13.0. The Morgan fingerprint density at radius 3 is 2.30 bits per heavy atom. The molecule has 156 valence electrons. The maximum absolute atomic E-state index is 13.0. The molecule has 0 atom stereocenters. The number of hydrogen-bond donors (Lipinski definition) is 0. The number of rotatable bonds is 6. The third-order valence-corrected chi connectivity index (χ3v) is 6.47. The number of benzene rings is 2. The van der Waals surface area contributed by atoms with E-state index in [0.717, 1.165) is 28.9 Å². The minimum atomic E-state index is -0.304. The lowest BCUT2D eigenvalue weighted by atomic mass is 10.1.